The standard InChI is InChI=1S/C20H24N2O3/c1-13(17-8-4-6-14-5-2-3-7-18(14)17)22-16-11-15(12-16)20(25)21-10-9-19(23)24/h2-8,13,15-16,22H,9-12H2,1H3,(H,21,25)(H,23,24)/t13-,15?,16?/m1/s1. The zero-order chi connectivity index (χ0) is 17.8. The van der Waals surface area contributed by atoms with Crippen molar-refractivity contribution in [2.75, 3.05) is 6.54 Å². The smallest absolute Gasteiger partial charge is 0.305 e. The van der Waals surface area contributed by atoms with E-state index in [-0.39, 0.29) is 30.8 Å². The van der Waals surface area contributed by atoms with Gasteiger partial charge in [-0.2, -0.15) is 0 Å². The number of aliphatic carboxylic acids is 1. The first kappa shape index (κ1) is 17.4. The first-order valence-electron chi connectivity index (χ1n) is 8.78. The number of carbonyl (C=O) groups excluding carboxylic acids is 1. The molecule has 2 aromatic rings. The molecule has 0 heterocycles. The second-order valence-electron chi connectivity index (χ2n) is 6.76. The quantitative estimate of drug-likeness (QED) is 0.724. The molecule has 1 saturated carbocycles. The van der Waals surface area contributed by atoms with E-state index >= 15 is 0 Å². The van der Waals surface area contributed by atoms with Gasteiger partial charge in [0.1, 0.15) is 0 Å². The number of hydrogen-bond acceptors (Lipinski definition) is 3. The minimum atomic E-state index is -0.891. The molecule has 0 aromatic heterocycles. The Morgan fingerprint density at radius 3 is 2.64 bits per heavy atom. The summed E-state index contributed by atoms with van der Waals surface area (Å²) in [5.41, 5.74) is 1.27. The van der Waals surface area contributed by atoms with E-state index in [4.69, 9.17) is 5.11 Å². The zero-order valence-corrected chi connectivity index (χ0v) is 14.4. The summed E-state index contributed by atoms with van der Waals surface area (Å²) in [6.45, 7) is 2.36. The number of benzene rings is 2. The fourth-order valence-corrected chi connectivity index (χ4v) is 3.48. The van der Waals surface area contributed by atoms with Gasteiger partial charge in [0.05, 0.1) is 6.42 Å². The van der Waals surface area contributed by atoms with Crippen LogP contribution in [-0.2, 0) is 9.59 Å². The summed E-state index contributed by atoms with van der Waals surface area (Å²) in [5.74, 6) is -0.930. The van der Waals surface area contributed by atoms with Crippen molar-refractivity contribution in [1.29, 1.82) is 0 Å². The van der Waals surface area contributed by atoms with Gasteiger partial charge in [-0.05, 0) is 36.1 Å². The van der Waals surface area contributed by atoms with Crippen LogP contribution in [0.25, 0.3) is 10.8 Å². The summed E-state index contributed by atoms with van der Waals surface area (Å²) < 4.78 is 0. The molecule has 25 heavy (non-hydrogen) atoms. The third-order valence-corrected chi connectivity index (χ3v) is 4.92. The van der Waals surface area contributed by atoms with Crippen LogP contribution in [0, 0.1) is 5.92 Å². The number of nitrogens with one attached hydrogen (secondary N) is 2. The maximum absolute atomic E-state index is 12.0. The van der Waals surface area contributed by atoms with E-state index in [1.807, 2.05) is 6.07 Å². The monoisotopic (exact) mass is 340 g/mol. The van der Waals surface area contributed by atoms with Gasteiger partial charge in [-0.3, -0.25) is 9.59 Å². The van der Waals surface area contributed by atoms with Gasteiger partial charge < -0.3 is 15.7 Å². The van der Waals surface area contributed by atoms with Gasteiger partial charge in [0.25, 0.3) is 0 Å². The zero-order valence-electron chi connectivity index (χ0n) is 14.4. The van der Waals surface area contributed by atoms with Crippen LogP contribution in [0.1, 0.15) is 37.8 Å². The predicted molar refractivity (Wildman–Crippen MR) is 97.3 cm³/mol. The summed E-state index contributed by atoms with van der Waals surface area (Å²) in [6.07, 6.45) is 1.57. The molecule has 0 spiro atoms. The molecule has 5 heteroatoms. The van der Waals surface area contributed by atoms with Gasteiger partial charge in [0.2, 0.25) is 5.91 Å². The molecule has 0 unspecified atom stereocenters. The highest BCUT2D eigenvalue weighted by molar-refractivity contribution is 5.86. The van der Waals surface area contributed by atoms with Crippen molar-refractivity contribution in [2.45, 2.75) is 38.3 Å². The lowest BCUT2D eigenvalue weighted by molar-refractivity contribution is -0.137. The number of hydrogen-bond donors (Lipinski definition) is 3. The van der Waals surface area contributed by atoms with E-state index in [1.54, 1.807) is 0 Å². The Hall–Kier alpha value is -2.40. The normalized spacial score (nSPS) is 20.7. The van der Waals surface area contributed by atoms with Crippen LogP contribution >= 0.6 is 0 Å². The van der Waals surface area contributed by atoms with E-state index in [1.165, 1.54) is 16.3 Å². The Labute approximate surface area is 147 Å². The van der Waals surface area contributed by atoms with E-state index in [0.717, 1.165) is 12.8 Å². The molecule has 2 aromatic carbocycles. The molecule has 0 aliphatic heterocycles. The topological polar surface area (TPSA) is 78.4 Å². The number of carboxylic acids is 1. The average molecular weight is 340 g/mol. The molecule has 0 saturated heterocycles. The summed E-state index contributed by atoms with van der Waals surface area (Å²) in [5, 5.41) is 17.4. The van der Waals surface area contributed by atoms with Crippen molar-refractivity contribution in [2.24, 2.45) is 5.92 Å². The lowest BCUT2D eigenvalue weighted by Gasteiger charge is -2.37. The Kier molecular flexibility index (Phi) is 5.34. The number of carbonyl (C=O) groups is 2. The Bertz CT molecular complexity index is 763. The van der Waals surface area contributed by atoms with E-state index in [9.17, 15) is 9.59 Å². The number of rotatable bonds is 7. The second kappa shape index (κ2) is 7.66. The molecular weight excluding hydrogens is 316 g/mol. The Morgan fingerprint density at radius 1 is 1.16 bits per heavy atom. The van der Waals surface area contributed by atoms with Gasteiger partial charge >= 0.3 is 5.97 Å². The number of amides is 1. The van der Waals surface area contributed by atoms with Crippen LogP contribution in [0.2, 0.25) is 0 Å². The molecule has 1 fully saturated rings. The molecular formula is C20H24N2O3. The molecule has 1 aliphatic carbocycles. The highest BCUT2D eigenvalue weighted by Crippen LogP contribution is 2.31. The third kappa shape index (κ3) is 4.17. The van der Waals surface area contributed by atoms with Crippen LogP contribution in [0.4, 0.5) is 0 Å². The summed E-state index contributed by atoms with van der Waals surface area (Å²) in [7, 11) is 0. The van der Waals surface area contributed by atoms with Crippen molar-refractivity contribution in [3.05, 3.63) is 48.0 Å². The summed E-state index contributed by atoms with van der Waals surface area (Å²) >= 11 is 0. The number of fused-ring (bicyclic) bond motifs is 1. The highest BCUT2D eigenvalue weighted by Gasteiger charge is 2.35. The molecule has 1 aliphatic rings. The van der Waals surface area contributed by atoms with E-state index in [0.29, 0.717) is 6.04 Å². The fraction of sp³-hybridized carbons (Fsp3) is 0.400. The Balaban J connectivity index is 1.51. The van der Waals surface area contributed by atoms with Crippen LogP contribution in [0.3, 0.4) is 0 Å². The minimum Gasteiger partial charge on any atom is -0.481 e. The molecule has 5 nitrogen and oxygen atoms in total. The van der Waals surface area contributed by atoms with E-state index < -0.39 is 5.97 Å². The molecule has 1 amide bonds. The van der Waals surface area contributed by atoms with Crippen molar-refractivity contribution in [1.82, 2.24) is 10.6 Å². The van der Waals surface area contributed by atoms with Crippen LogP contribution < -0.4 is 10.6 Å². The van der Waals surface area contributed by atoms with Crippen LogP contribution in [0.15, 0.2) is 42.5 Å². The molecule has 1 atom stereocenters. The minimum absolute atomic E-state index is 0.00832. The second-order valence-corrected chi connectivity index (χ2v) is 6.76. The SMILES string of the molecule is C[C@@H](NC1CC(C(=O)NCCC(=O)O)C1)c1cccc2ccccc12. The molecule has 3 N–H and O–H groups in total. The lowest BCUT2D eigenvalue weighted by Crippen LogP contribution is -2.48. The summed E-state index contributed by atoms with van der Waals surface area (Å²) in [6, 6.07) is 15.2. The van der Waals surface area contributed by atoms with Crippen LogP contribution in [-0.4, -0.2) is 29.6 Å². The molecule has 0 radical (unpaired) electrons. The van der Waals surface area contributed by atoms with Crippen molar-refractivity contribution < 1.29 is 14.7 Å². The highest BCUT2D eigenvalue weighted by atomic mass is 16.4. The predicted octanol–water partition coefficient (Wildman–Crippen LogP) is 2.86. The average Bonchev–Trinajstić information content (AvgIpc) is 2.56. The van der Waals surface area contributed by atoms with E-state index in [2.05, 4.69) is 54.0 Å². The van der Waals surface area contributed by atoms with Crippen LogP contribution in [0.5, 0.6) is 0 Å². The van der Waals surface area contributed by atoms with Gasteiger partial charge in [0.15, 0.2) is 0 Å². The number of carboxylic acid groups (broad SMARTS) is 1. The summed E-state index contributed by atoms with van der Waals surface area (Å²) in [4.78, 5) is 22.4. The Morgan fingerprint density at radius 2 is 1.88 bits per heavy atom. The van der Waals surface area contributed by atoms with Crippen molar-refractivity contribution >= 4 is 22.6 Å². The third-order valence-electron chi connectivity index (χ3n) is 4.92. The largest absolute Gasteiger partial charge is 0.481 e. The van der Waals surface area contributed by atoms with Gasteiger partial charge in [0, 0.05) is 24.5 Å². The first-order chi connectivity index (χ1) is 12.0. The molecule has 0 bridgehead atoms. The lowest BCUT2D eigenvalue weighted by atomic mass is 9.79. The maximum Gasteiger partial charge on any atom is 0.305 e. The van der Waals surface area contributed by atoms with Crippen molar-refractivity contribution in [3.8, 4) is 0 Å². The first-order valence-corrected chi connectivity index (χ1v) is 8.78. The van der Waals surface area contributed by atoms with Crippen molar-refractivity contribution in [3.63, 3.8) is 0 Å². The van der Waals surface area contributed by atoms with Gasteiger partial charge in [-0.1, -0.05) is 42.5 Å². The maximum atomic E-state index is 12.0. The molecule has 3 rings (SSSR count). The van der Waals surface area contributed by atoms with Gasteiger partial charge in [-0.15, -0.1) is 0 Å². The van der Waals surface area contributed by atoms with Gasteiger partial charge in [-0.25, -0.2) is 0 Å². The molecule has 132 valence electrons. The fourth-order valence-electron chi connectivity index (χ4n) is 3.48.